The third-order valence-corrected chi connectivity index (χ3v) is 2.23. The lowest BCUT2D eigenvalue weighted by atomic mass is 10.1. The van der Waals surface area contributed by atoms with Crippen LogP contribution in [0.4, 0.5) is 0 Å². The van der Waals surface area contributed by atoms with Crippen LogP contribution in [0.3, 0.4) is 0 Å². The maximum absolute atomic E-state index is 11.0. The van der Waals surface area contributed by atoms with E-state index in [1.165, 1.54) is 6.07 Å². The molecule has 0 spiro atoms. The van der Waals surface area contributed by atoms with Gasteiger partial charge < -0.3 is 4.42 Å². The topological polar surface area (TPSA) is 30.2 Å². The first kappa shape index (κ1) is 8.32. The van der Waals surface area contributed by atoms with Crippen LogP contribution in [0.1, 0.15) is 5.56 Å². The molecule has 1 aromatic heterocycles. The zero-order chi connectivity index (χ0) is 9.42. The SMILES string of the molecule is Cc1cccc2oc(=O)cc(Cl)c12. The third kappa shape index (κ3) is 1.33. The predicted octanol–water partition coefficient (Wildman–Crippen LogP) is 2.75. The Morgan fingerprint density at radius 2 is 2.15 bits per heavy atom. The molecule has 66 valence electrons. The van der Waals surface area contributed by atoms with E-state index in [1.54, 1.807) is 6.07 Å². The van der Waals surface area contributed by atoms with Gasteiger partial charge in [-0.15, -0.1) is 0 Å². The number of benzene rings is 1. The van der Waals surface area contributed by atoms with Crippen LogP contribution in [0.15, 0.2) is 33.5 Å². The van der Waals surface area contributed by atoms with Crippen molar-refractivity contribution in [3.05, 3.63) is 45.3 Å². The molecule has 0 bridgehead atoms. The molecule has 0 N–H and O–H groups in total. The van der Waals surface area contributed by atoms with Crippen molar-refractivity contribution in [2.45, 2.75) is 6.92 Å². The standard InChI is InChI=1S/C10H7ClO2/c1-6-3-2-4-8-10(6)7(11)5-9(12)13-8/h2-5H,1H3. The molecule has 0 aliphatic rings. The summed E-state index contributed by atoms with van der Waals surface area (Å²) in [4.78, 5) is 11.0. The Kier molecular flexibility index (Phi) is 1.85. The van der Waals surface area contributed by atoms with Crippen molar-refractivity contribution < 1.29 is 4.42 Å². The van der Waals surface area contributed by atoms with E-state index in [-0.39, 0.29) is 0 Å². The smallest absolute Gasteiger partial charge is 0.337 e. The predicted molar refractivity (Wildman–Crippen MR) is 52.2 cm³/mol. The molecule has 0 saturated carbocycles. The number of hydrogen-bond acceptors (Lipinski definition) is 2. The molecule has 2 rings (SSSR count). The van der Waals surface area contributed by atoms with Gasteiger partial charge in [0, 0.05) is 11.5 Å². The second kappa shape index (κ2) is 2.89. The van der Waals surface area contributed by atoms with Crippen LogP contribution in [0, 0.1) is 6.92 Å². The second-order valence-electron chi connectivity index (χ2n) is 2.86. The summed E-state index contributed by atoms with van der Waals surface area (Å²) in [5, 5.41) is 1.26. The summed E-state index contributed by atoms with van der Waals surface area (Å²) >= 11 is 5.91. The largest absolute Gasteiger partial charge is 0.423 e. The van der Waals surface area contributed by atoms with Gasteiger partial charge in [-0.25, -0.2) is 4.79 Å². The van der Waals surface area contributed by atoms with E-state index in [4.69, 9.17) is 16.0 Å². The molecule has 0 aliphatic carbocycles. The van der Waals surface area contributed by atoms with E-state index in [1.807, 2.05) is 19.1 Å². The summed E-state index contributed by atoms with van der Waals surface area (Å²) in [5.41, 5.74) is 1.13. The first-order valence-corrected chi connectivity index (χ1v) is 4.25. The van der Waals surface area contributed by atoms with Crippen molar-refractivity contribution in [2.24, 2.45) is 0 Å². The lowest BCUT2D eigenvalue weighted by molar-refractivity contribution is 0.561. The highest BCUT2D eigenvalue weighted by Gasteiger charge is 2.04. The average Bonchev–Trinajstić information content (AvgIpc) is 2.02. The molecule has 13 heavy (non-hydrogen) atoms. The molecule has 2 aromatic rings. The van der Waals surface area contributed by atoms with Crippen LogP contribution in [-0.4, -0.2) is 0 Å². The van der Waals surface area contributed by atoms with E-state index in [9.17, 15) is 4.79 Å². The van der Waals surface area contributed by atoms with Crippen molar-refractivity contribution in [1.29, 1.82) is 0 Å². The normalized spacial score (nSPS) is 10.6. The molecular formula is C10H7ClO2. The molecule has 0 radical (unpaired) electrons. The Morgan fingerprint density at radius 1 is 1.38 bits per heavy atom. The molecule has 1 aromatic carbocycles. The van der Waals surface area contributed by atoms with Gasteiger partial charge in [-0.05, 0) is 18.6 Å². The Balaban J connectivity index is 3.03. The van der Waals surface area contributed by atoms with Crippen LogP contribution in [0.25, 0.3) is 11.0 Å². The minimum Gasteiger partial charge on any atom is -0.423 e. The molecule has 0 atom stereocenters. The minimum atomic E-state index is -0.414. The number of halogens is 1. The summed E-state index contributed by atoms with van der Waals surface area (Å²) in [6.45, 7) is 1.92. The first-order valence-electron chi connectivity index (χ1n) is 3.87. The van der Waals surface area contributed by atoms with Gasteiger partial charge >= 0.3 is 5.63 Å². The molecule has 2 nitrogen and oxygen atoms in total. The summed E-state index contributed by atoms with van der Waals surface area (Å²) < 4.78 is 4.98. The highest BCUT2D eigenvalue weighted by atomic mass is 35.5. The van der Waals surface area contributed by atoms with Crippen molar-refractivity contribution in [3.8, 4) is 0 Å². The van der Waals surface area contributed by atoms with Crippen LogP contribution < -0.4 is 5.63 Å². The number of rotatable bonds is 0. The van der Waals surface area contributed by atoms with Crippen molar-refractivity contribution >= 4 is 22.6 Å². The first-order chi connectivity index (χ1) is 6.18. The van der Waals surface area contributed by atoms with Crippen LogP contribution >= 0.6 is 11.6 Å². The maximum Gasteiger partial charge on any atom is 0.337 e. The van der Waals surface area contributed by atoms with Gasteiger partial charge in [0.1, 0.15) is 5.58 Å². The van der Waals surface area contributed by atoms with E-state index >= 15 is 0 Å². The Hall–Kier alpha value is -1.28. The van der Waals surface area contributed by atoms with Crippen molar-refractivity contribution in [3.63, 3.8) is 0 Å². The minimum absolute atomic E-state index is 0.414. The summed E-state index contributed by atoms with van der Waals surface area (Å²) in [7, 11) is 0. The molecule has 0 unspecified atom stereocenters. The summed E-state index contributed by atoms with van der Waals surface area (Å²) in [5.74, 6) is 0. The Morgan fingerprint density at radius 3 is 2.92 bits per heavy atom. The summed E-state index contributed by atoms with van der Waals surface area (Å²) in [6.07, 6.45) is 0. The number of fused-ring (bicyclic) bond motifs is 1. The van der Waals surface area contributed by atoms with Gasteiger partial charge in [-0.3, -0.25) is 0 Å². The van der Waals surface area contributed by atoms with Gasteiger partial charge in [-0.2, -0.15) is 0 Å². The lowest BCUT2D eigenvalue weighted by Gasteiger charge is -2.00. The quantitative estimate of drug-likeness (QED) is 0.604. The van der Waals surface area contributed by atoms with E-state index < -0.39 is 5.63 Å². The molecule has 0 amide bonds. The Bertz CT molecular complexity index is 514. The zero-order valence-corrected chi connectivity index (χ0v) is 7.76. The maximum atomic E-state index is 11.0. The van der Waals surface area contributed by atoms with Crippen molar-refractivity contribution in [2.75, 3.05) is 0 Å². The van der Waals surface area contributed by atoms with Gasteiger partial charge in [0.2, 0.25) is 0 Å². The molecular weight excluding hydrogens is 188 g/mol. The number of aryl methyl sites for hydroxylation is 1. The highest BCUT2D eigenvalue weighted by Crippen LogP contribution is 2.24. The highest BCUT2D eigenvalue weighted by molar-refractivity contribution is 6.35. The lowest BCUT2D eigenvalue weighted by Crippen LogP contribution is -1.96. The van der Waals surface area contributed by atoms with Crippen LogP contribution in [-0.2, 0) is 0 Å². The monoisotopic (exact) mass is 194 g/mol. The fourth-order valence-corrected chi connectivity index (χ4v) is 1.68. The summed E-state index contributed by atoms with van der Waals surface area (Å²) in [6, 6.07) is 6.78. The van der Waals surface area contributed by atoms with Gasteiger partial charge in [-0.1, -0.05) is 23.7 Å². The van der Waals surface area contributed by atoms with Crippen LogP contribution in [0.5, 0.6) is 0 Å². The molecule has 0 fully saturated rings. The second-order valence-corrected chi connectivity index (χ2v) is 3.27. The third-order valence-electron chi connectivity index (χ3n) is 1.93. The average molecular weight is 195 g/mol. The fourth-order valence-electron chi connectivity index (χ4n) is 1.35. The van der Waals surface area contributed by atoms with Crippen LogP contribution in [0.2, 0.25) is 5.02 Å². The molecule has 3 heteroatoms. The molecule has 0 saturated heterocycles. The number of hydrogen-bond donors (Lipinski definition) is 0. The van der Waals surface area contributed by atoms with E-state index in [0.29, 0.717) is 10.6 Å². The van der Waals surface area contributed by atoms with Crippen molar-refractivity contribution in [1.82, 2.24) is 0 Å². The van der Waals surface area contributed by atoms with E-state index in [2.05, 4.69) is 0 Å². The Labute approximate surface area is 79.7 Å². The molecule has 1 heterocycles. The van der Waals surface area contributed by atoms with Gasteiger partial charge in [0.25, 0.3) is 0 Å². The zero-order valence-electron chi connectivity index (χ0n) is 7.00. The van der Waals surface area contributed by atoms with E-state index in [0.717, 1.165) is 10.9 Å². The van der Waals surface area contributed by atoms with Gasteiger partial charge in [0.05, 0.1) is 5.02 Å². The fraction of sp³-hybridized carbons (Fsp3) is 0.100. The van der Waals surface area contributed by atoms with Gasteiger partial charge in [0.15, 0.2) is 0 Å². The molecule has 0 aliphatic heterocycles.